The first-order chi connectivity index (χ1) is 15.1. The lowest BCUT2D eigenvalue weighted by Crippen LogP contribution is -2.12. The summed E-state index contributed by atoms with van der Waals surface area (Å²) in [4.78, 5) is 24.7. The predicted molar refractivity (Wildman–Crippen MR) is 117 cm³/mol. The molecule has 4 aromatic rings. The second kappa shape index (κ2) is 9.11. The van der Waals surface area contributed by atoms with E-state index in [1.54, 1.807) is 49.8 Å². The maximum absolute atomic E-state index is 14.8. The van der Waals surface area contributed by atoms with Crippen LogP contribution >= 0.6 is 12.1 Å². The third-order valence-corrected chi connectivity index (χ3v) is 5.10. The molecule has 0 aliphatic carbocycles. The van der Waals surface area contributed by atoms with Gasteiger partial charge < -0.3 is 9.15 Å². The third-order valence-electron chi connectivity index (χ3n) is 4.60. The number of aromatic nitrogens is 3. The van der Waals surface area contributed by atoms with Gasteiger partial charge in [-0.1, -0.05) is 0 Å². The molecule has 0 aliphatic heterocycles. The Bertz CT molecular complexity index is 1280. The number of rotatable bonds is 7. The van der Waals surface area contributed by atoms with Crippen LogP contribution in [0, 0.1) is 12.7 Å². The van der Waals surface area contributed by atoms with Crippen LogP contribution in [-0.2, 0) is 6.42 Å². The number of anilines is 1. The number of nitrogens with zero attached hydrogens (tertiary/aromatic N) is 3. The second-order valence-electron chi connectivity index (χ2n) is 6.50. The molecule has 0 atom stereocenters. The average Bonchev–Trinajstić information content (AvgIpc) is 2.77. The van der Waals surface area contributed by atoms with Crippen LogP contribution in [0.25, 0.3) is 11.0 Å². The van der Waals surface area contributed by atoms with Gasteiger partial charge in [-0.2, -0.15) is 0 Å². The molecule has 0 bridgehead atoms. The molecule has 0 saturated carbocycles. The van der Waals surface area contributed by atoms with Gasteiger partial charge in [-0.05, 0) is 49.4 Å². The van der Waals surface area contributed by atoms with Crippen molar-refractivity contribution in [3.63, 3.8) is 0 Å². The van der Waals surface area contributed by atoms with E-state index in [1.807, 2.05) is 6.92 Å². The summed E-state index contributed by atoms with van der Waals surface area (Å²) in [5, 5.41) is 0.731. The summed E-state index contributed by atoms with van der Waals surface area (Å²) in [5.41, 5.74) is 1.26. The largest absolute Gasteiger partial charge is 0.424 e. The summed E-state index contributed by atoms with van der Waals surface area (Å²) in [6.45, 7) is 1.81. The zero-order chi connectivity index (χ0) is 21.8. The van der Waals surface area contributed by atoms with E-state index in [-0.39, 0.29) is 18.2 Å². The van der Waals surface area contributed by atoms with Crippen molar-refractivity contribution in [2.75, 3.05) is 11.8 Å². The van der Waals surface area contributed by atoms with Crippen LogP contribution in [0.15, 0.2) is 58.1 Å². The standard InChI is InChI=1S/C21H18FN5O3S/c1-12-15-5-4-14(29-21-25-7-3-8-26-21)11-17(15)30-20(28)16(12)10-13-6-9-24-19(18(13)22)27-31-23-2/h3-9,11,23H,10H2,1-2H3,(H,24,27). The third kappa shape index (κ3) is 4.49. The molecular formula is C21H18FN5O3S. The van der Waals surface area contributed by atoms with E-state index in [0.29, 0.717) is 28.0 Å². The highest BCUT2D eigenvalue weighted by Gasteiger charge is 2.17. The van der Waals surface area contributed by atoms with Crippen molar-refractivity contribution in [2.45, 2.75) is 13.3 Å². The Kier molecular flexibility index (Phi) is 6.10. The minimum Gasteiger partial charge on any atom is -0.424 e. The summed E-state index contributed by atoms with van der Waals surface area (Å²) in [6.07, 6.45) is 4.70. The van der Waals surface area contributed by atoms with Crippen molar-refractivity contribution in [2.24, 2.45) is 0 Å². The monoisotopic (exact) mass is 439 g/mol. The first-order valence-electron chi connectivity index (χ1n) is 9.30. The lowest BCUT2D eigenvalue weighted by Gasteiger charge is -2.11. The lowest BCUT2D eigenvalue weighted by molar-refractivity contribution is 0.440. The van der Waals surface area contributed by atoms with Crippen LogP contribution in [0.5, 0.6) is 11.8 Å². The molecule has 2 N–H and O–H groups in total. The highest BCUT2D eigenvalue weighted by Crippen LogP contribution is 2.28. The van der Waals surface area contributed by atoms with E-state index in [9.17, 15) is 9.18 Å². The van der Waals surface area contributed by atoms with E-state index in [2.05, 4.69) is 24.4 Å². The molecule has 10 heteroatoms. The Morgan fingerprint density at radius 3 is 2.74 bits per heavy atom. The molecule has 0 radical (unpaired) electrons. The molecule has 4 rings (SSSR count). The minimum absolute atomic E-state index is 0.0769. The van der Waals surface area contributed by atoms with Gasteiger partial charge in [-0.3, -0.25) is 4.72 Å². The van der Waals surface area contributed by atoms with E-state index in [0.717, 1.165) is 17.5 Å². The number of fused-ring (bicyclic) bond motifs is 1. The summed E-state index contributed by atoms with van der Waals surface area (Å²) in [5.74, 6) is 0.00675. The van der Waals surface area contributed by atoms with Crippen LogP contribution in [-0.4, -0.2) is 22.0 Å². The maximum atomic E-state index is 14.8. The smallest absolute Gasteiger partial charge is 0.340 e. The first kappa shape index (κ1) is 20.8. The van der Waals surface area contributed by atoms with E-state index in [4.69, 9.17) is 9.15 Å². The van der Waals surface area contributed by atoms with Crippen molar-refractivity contribution in [3.8, 4) is 11.8 Å². The highest BCUT2D eigenvalue weighted by molar-refractivity contribution is 7.98. The van der Waals surface area contributed by atoms with Gasteiger partial charge in [0.2, 0.25) is 0 Å². The van der Waals surface area contributed by atoms with Crippen LogP contribution in [0.3, 0.4) is 0 Å². The molecule has 0 spiro atoms. The van der Waals surface area contributed by atoms with Crippen molar-refractivity contribution in [1.82, 2.24) is 19.7 Å². The molecule has 0 unspecified atom stereocenters. The first-order valence-corrected chi connectivity index (χ1v) is 10.1. The van der Waals surface area contributed by atoms with Gasteiger partial charge in [-0.25, -0.2) is 28.9 Å². The van der Waals surface area contributed by atoms with Crippen molar-refractivity contribution in [3.05, 3.63) is 81.9 Å². The van der Waals surface area contributed by atoms with Gasteiger partial charge in [0.05, 0.1) is 0 Å². The number of halogens is 1. The van der Waals surface area contributed by atoms with Crippen LogP contribution in [0.4, 0.5) is 10.2 Å². The van der Waals surface area contributed by atoms with E-state index in [1.165, 1.54) is 6.20 Å². The zero-order valence-corrected chi connectivity index (χ0v) is 17.5. The molecule has 1 aromatic carbocycles. The van der Waals surface area contributed by atoms with Gasteiger partial charge in [-0.15, -0.1) is 0 Å². The predicted octanol–water partition coefficient (Wildman–Crippen LogP) is 4.00. The molecule has 0 saturated heterocycles. The maximum Gasteiger partial charge on any atom is 0.340 e. The second-order valence-corrected chi connectivity index (χ2v) is 7.32. The Balaban J connectivity index is 1.67. The topological polar surface area (TPSA) is 102 Å². The fourth-order valence-corrected chi connectivity index (χ4v) is 3.41. The molecule has 0 fully saturated rings. The summed E-state index contributed by atoms with van der Waals surface area (Å²) >= 11 is 1.10. The number of benzene rings is 1. The Labute approximate surface area is 181 Å². The number of hydrogen-bond acceptors (Lipinski definition) is 9. The van der Waals surface area contributed by atoms with Crippen molar-refractivity contribution >= 4 is 28.9 Å². The molecule has 31 heavy (non-hydrogen) atoms. The van der Waals surface area contributed by atoms with Crippen molar-refractivity contribution < 1.29 is 13.5 Å². The van der Waals surface area contributed by atoms with Gasteiger partial charge in [0.25, 0.3) is 0 Å². The summed E-state index contributed by atoms with van der Waals surface area (Å²) in [7, 11) is 1.70. The van der Waals surface area contributed by atoms with Gasteiger partial charge >= 0.3 is 11.6 Å². The number of ether oxygens (including phenoxy) is 1. The number of nitrogens with one attached hydrogen (secondary N) is 2. The Hall–Kier alpha value is -3.50. The minimum atomic E-state index is -0.534. The van der Waals surface area contributed by atoms with Crippen LogP contribution < -0.4 is 19.8 Å². The average molecular weight is 439 g/mol. The highest BCUT2D eigenvalue weighted by atomic mass is 32.2. The normalized spacial score (nSPS) is 10.9. The lowest BCUT2D eigenvalue weighted by atomic mass is 10.00. The van der Waals surface area contributed by atoms with Crippen LogP contribution in [0.2, 0.25) is 0 Å². The Morgan fingerprint density at radius 1 is 1.16 bits per heavy atom. The molecule has 8 nitrogen and oxygen atoms in total. The summed E-state index contributed by atoms with van der Waals surface area (Å²) < 4.78 is 31.5. The van der Waals surface area contributed by atoms with E-state index >= 15 is 0 Å². The zero-order valence-electron chi connectivity index (χ0n) is 16.7. The van der Waals surface area contributed by atoms with Gasteiger partial charge in [0.1, 0.15) is 11.3 Å². The fraction of sp³-hybridized carbons (Fsp3) is 0.143. The SMILES string of the molecule is CNSNc1nccc(Cc2c(C)c3ccc(Oc4ncccn4)cc3oc2=O)c1F. The molecule has 3 heterocycles. The van der Waals surface area contributed by atoms with Gasteiger partial charge in [0, 0.05) is 54.2 Å². The van der Waals surface area contributed by atoms with E-state index < -0.39 is 11.4 Å². The summed E-state index contributed by atoms with van der Waals surface area (Å²) in [6, 6.07) is 8.54. The molecule has 3 aromatic heterocycles. The Morgan fingerprint density at radius 2 is 1.97 bits per heavy atom. The van der Waals surface area contributed by atoms with Crippen molar-refractivity contribution in [1.29, 1.82) is 0 Å². The fourth-order valence-electron chi connectivity index (χ4n) is 3.07. The quantitative estimate of drug-likeness (QED) is 0.327. The number of hydrogen-bond donors (Lipinski definition) is 2. The molecular weight excluding hydrogens is 421 g/mol. The number of pyridine rings is 1. The molecule has 0 aliphatic rings. The molecule has 0 amide bonds. The van der Waals surface area contributed by atoms with Gasteiger partial charge in [0.15, 0.2) is 11.6 Å². The molecule has 158 valence electrons. The number of aryl methyl sites for hydroxylation is 1. The van der Waals surface area contributed by atoms with Crippen LogP contribution in [0.1, 0.15) is 16.7 Å².